The van der Waals surface area contributed by atoms with Crippen LogP contribution >= 0.6 is 0 Å². The average Bonchev–Trinajstić information content (AvgIpc) is 2.34. The quantitative estimate of drug-likeness (QED) is 0.450. The summed E-state index contributed by atoms with van der Waals surface area (Å²) in [5, 5.41) is 14.0. The lowest BCUT2D eigenvalue weighted by Crippen LogP contribution is -2.04. The number of unbranched alkanes of at least 4 members (excludes halogenated alkanes) is 2. The van der Waals surface area contributed by atoms with Gasteiger partial charge in [0.2, 0.25) is 0 Å². The van der Waals surface area contributed by atoms with Crippen molar-refractivity contribution in [2.75, 3.05) is 19.0 Å². The first-order valence-electron chi connectivity index (χ1n) is 5.75. The second-order valence-electron chi connectivity index (χ2n) is 3.77. The minimum Gasteiger partial charge on any atom is -0.496 e. The van der Waals surface area contributed by atoms with Crippen LogP contribution in [0.25, 0.3) is 0 Å². The second-order valence-corrected chi connectivity index (χ2v) is 3.77. The lowest BCUT2D eigenvalue weighted by molar-refractivity contribution is -0.384. The summed E-state index contributed by atoms with van der Waals surface area (Å²) < 4.78 is 4.97. The molecule has 0 aliphatic rings. The number of benzene rings is 1. The van der Waals surface area contributed by atoms with Crippen molar-refractivity contribution in [1.29, 1.82) is 0 Å². The lowest BCUT2D eigenvalue weighted by Gasteiger charge is -2.07. The van der Waals surface area contributed by atoms with E-state index in [1.54, 1.807) is 12.1 Å². The van der Waals surface area contributed by atoms with Gasteiger partial charge in [0.1, 0.15) is 11.4 Å². The molecule has 1 aromatic rings. The van der Waals surface area contributed by atoms with E-state index in [1.165, 1.54) is 13.2 Å². The van der Waals surface area contributed by atoms with Crippen molar-refractivity contribution in [1.82, 2.24) is 0 Å². The number of anilines is 1. The summed E-state index contributed by atoms with van der Waals surface area (Å²) in [6.07, 6.45) is 3.27. The van der Waals surface area contributed by atoms with E-state index >= 15 is 0 Å². The molecule has 0 fully saturated rings. The Kier molecular flexibility index (Phi) is 5.26. The van der Waals surface area contributed by atoms with Crippen LogP contribution in [0.2, 0.25) is 0 Å². The highest BCUT2D eigenvalue weighted by molar-refractivity contribution is 5.63. The maximum absolute atomic E-state index is 10.9. The van der Waals surface area contributed by atoms with Crippen LogP contribution in [0.4, 0.5) is 11.4 Å². The maximum Gasteiger partial charge on any atom is 0.296 e. The van der Waals surface area contributed by atoms with Crippen LogP contribution in [0.5, 0.6) is 5.75 Å². The first kappa shape index (κ1) is 13.3. The molecule has 0 radical (unpaired) electrons. The number of hydrogen-bond acceptors (Lipinski definition) is 4. The highest BCUT2D eigenvalue weighted by Crippen LogP contribution is 2.28. The van der Waals surface area contributed by atoms with E-state index in [0.29, 0.717) is 11.4 Å². The van der Waals surface area contributed by atoms with Gasteiger partial charge in [0, 0.05) is 6.54 Å². The van der Waals surface area contributed by atoms with E-state index in [0.717, 1.165) is 25.8 Å². The number of nitro benzene ring substituents is 1. The summed E-state index contributed by atoms with van der Waals surface area (Å²) in [7, 11) is 1.49. The Balaban J connectivity index is 2.73. The lowest BCUT2D eigenvalue weighted by atomic mass is 10.2. The van der Waals surface area contributed by atoms with Crippen molar-refractivity contribution < 1.29 is 9.66 Å². The fourth-order valence-corrected chi connectivity index (χ4v) is 1.54. The zero-order valence-corrected chi connectivity index (χ0v) is 10.2. The fourth-order valence-electron chi connectivity index (χ4n) is 1.54. The van der Waals surface area contributed by atoms with Crippen molar-refractivity contribution in [3.05, 3.63) is 28.3 Å². The van der Waals surface area contributed by atoms with E-state index in [2.05, 4.69) is 12.2 Å². The number of nitro groups is 1. The predicted octanol–water partition coefficient (Wildman–Crippen LogP) is 3.21. The standard InChI is InChI=1S/C12H18N2O3/c1-3-4-5-8-13-11-7-6-10(17-2)9-12(11)14(15)16/h6-7,9,13H,3-5,8H2,1-2H3. The first-order valence-corrected chi connectivity index (χ1v) is 5.75. The van der Waals surface area contributed by atoms with E-state index < -0.39 is 4.92 Å². The first-order chi connectivity index (χ1) is 8.19. The van der Waals surface area contributed by atoms with Gasteiger partial charge in [-0.1, -0.05) is 19.8 Å². The molecule has 0 unspecified atom stereocenters. The smallest absolute Gasteiger partial charge is 0.296 e. The SMILES string of the molecule is CCCCCNc1ccc(OC)cc1[N+](=O)[O-]. The topological polar surface area (TPSA) is 64.4 Å². The van der Waals surface area contributed by atoms with Crippen molar-refractivity contribution in [3.63, 3.8) is 0 Å². The molecule has 0 spiro atoms. The van der Waals surface area contributed by atoms with Gasteiger partial charge in [-0.25, -0.2) is 0 Å². The zero-order valence-electron chi connectivity index (χ0n) is 10.2. The van der Waals surface area contributed by atoms with Crippen molar-refractivity contribution in [3.8, 4) is 5.75 Å². The Morgan fingerprint density at radius 1 is 1.41 bits per heavy atom. The summed E-state index contributed by atoms with van der Waals surface area (Å²) in [5.41, 5.74) is 0.604. The molecule has 0 saturated heterocycles. The fraction of sp³-hybridized carbons (Fsp3) is 0.500. The molecule has 17 heavy (non-hydrogen) atoms. The Bertz CT molecular complexity index is 380. The molecule has 5 nitrogen and oxygen atoms in total. The molecule has 0 aliphatic carbocycles. The van der Waals surface area contributed by atoms with Gasteiger partial charge in [-0.2, -0.15) is 0 Å². The van der Waals surface area contributed by atoms with Crippen LogP contribution in [-0.2, 0) is 0 Å². The van der Waals surface area contributed by atoms with E-state index in [4.69, 9.17) is 4.74 Å². The number of hydrogen-bond donors (Lipinski definition) is 1. The Labute approximate surface area is 101 Å². The predicted molar refractivity (Wildman–Crippen MR) is 67.7 cm³/mol. The monoisotopic (exact) mass is 238 g/mol. The summed E-state index contributed by atoms with van der Waals surface area (Å²) >= 11 is 0. The molecule has 0 heterocycles. The summed E-state index contributed by atoms with van der Waals surface area (Å²) in [6.45, 7) is 2.87. The number of nitrogens with one attached hydrogen (secondary N) is 1. The molecular formula is C12H18N2O3. The molecule has 0 aromatic heterocycles. The van der Waals surface area contributed by atoms with Crippen LogP contribution in [0.15, 0.2) is 18.2 Å². The molecule has 0 bridgehead atoms. The van der Waals surface area contributed by atoms with Crippen LogP contribution in [0.1, 0.15) is 26.2 Å². The molecule has 0 aliphatic heterocycles. The molecule has 0 amide bonds. The molecular weight excluding hydrogens is 220 g/mol. The summed E-state index contributed by atoms with van der Waals surface area (Å²) in [6, 6.07) is 4.83. The third-order valence-corrected chi connectivity index (χ3v) is 2.50. The normalized spacial score (nSPS) is 10.0. The van der Waals surface area contributed by atoms with Crippen LogP contribution in [-0.4, -0.2) is 18.6 Å². The van der Waals surface area contributed by atoms with Gasteiger partial charge >= 0.3 is 0 Å². The molecule has 1 aromatic carbocycles. The Hall–Kier alpha value is -1.78. The average molecular weight is 238 g/mol. The van der Waals surface area contributed by atoms with E-state index in [9.17, 15) is 10.1 Å². The molecule has 1 N–H and O–H groups in total. The van der Waals surface area contributed by atoms with Crippen molar-refractivity contribution >= 4 is 11.4 Å². The van der Waals surface area contributed by atoms with Gasteiger partial charge < -0.3 is 10.1 Å². The molecule has 1 rings (SSSR count). The highest BCUT2D eigenvalue weighted by atomic mass is 16.6. The summed E-state index contributed by atoms with van der Waals surface area (Å²) in [5.74, 6) is 0.496. The Morgan fingerprint density at radius 2 is 2.18 bits per heavy atom. The van der Waals surface area contributed by atoms with Crippen LogP contribution in [0, 0.1) is 10.1 Å². The molecule has 0 atom stereocenters. The van der Waals surface area contributed by atoms with Gasteiger partial charge in [0.25, 0.3) is 5.69 Å². The maximum atomic E-state index is 10.9. The Morgan fingerprint density at radius 3 is 2.76 bits per heavy atom. The second kappa shape index (κ2) is 6.73. The largest absolute Gasteiger partial charge is 0.496 e. The van der Waals surface area contributed by atoms with Gasteiger partial charge in [0.15, 0.2) is 0 Å². The minimum absolute atomic E-state index is 0.0563. The van der Waals surface area contributed by atoms with Gasteiger partial charge in [-0.3, -0.25) is 10.1 Å². The number of methoxy groups -OCH3 is 1. The van der Waals surface area contributed by atoms with Crippen molar-refractivity contribution in [2.45, 2.75) is 26.2 Å². The number of ether oxygens (including phenoxy) is 1. The van der Waals surface area contributed by atoms with Gasteiger partial charge in [-0.15, -0.1) is 0 Å². The molecule has 5 heteroatoms. The third-order valence-electron chi connectivity index (χ3n) is 2.50. The third kappa shape index (κ3) is 3.94. The minimum atomic E-state index is -0.398. The van der Waals surface area contributed by atoms with Gasteiger partial charge in [-0.05, 0) is 18.6 Å². The molecule has 94 valence electrons. The highest BCUT2D eigenvalue weighted by Gasteiger charge is 2.14. The molecule has 0 saturated carbocycles. The summed E-state index contributed by atoms with van der Waals surface area (Å²) in [4.78, 5) is 10.5. The van der Waals surface area contributed by atoms with E-state index in [1.807, 2.05) is 0 Å². The number of rotatable bonds is 7. The zero-order chi connectivity index (χ0) is 12.7. The van der Waals surface area contributed by atoms with E-state index in [-0.39, 0.29) is 5.69 Å². The van der Waals surface area contributed by atoms with Crippen molar-refractivity contribution in [2.24, 2.45) is 0 Å². The van der Waals surface area contributed by atoms with Crippen LogP contribution < -0.4 is 10.1 Å². The van der Waals surface area contributed by atoms with Crippen LogP contribution in [0.3, 0.4) is 0 Å². The number of nitrogens with zero attached hydrogens (tertiary/aromatic N) is 1. The van der Waals surface area contributed by atoms with Gasteiger partial charge in [0.05, 0.1) is 18.1 Å².